The zero-order valence-electron chi connectivity index (χ0n) is 14.5. The summed E-state index contributed by atoms with van der Waals surface area (Å²) in [4.78, 5) is 20.9. The number of imidazole rings is 1. The summed E-state index contributed by atoms with van der Waals surface area (Å²) in [6.07, 6.45) is 6.04. The molecule has 0 unspecified atom stereocenters. The van der Waals surface area contributed by atoms with E-state index in [1.54, 1.807) is 12.7 Å². The van der Waals surface area contributed by atoms with Crippen LogP contribution < -0.4 is 5.32 Å². The second-order valence-corrected chi connectivity index (χ2v) is 6.52. The highest BCUT2D eigenvalue weighted by atomic mass is 16.1. The highest BCUT2D eigenvalue weighted by Crippen LogP contribution is 2.35. The van der Waals surface area contributed by atoms with Crippen molar-refractivity contribution in [1.82, 2.24) is 24.3 Å². The molecular weight excluding hydrogens is 316 g/mol. The fraction of sp³-hybridized carbons (Fsp3) is 0.333. The lowest BCUT2D eigenvalue weighted by molar-refractivity contribution is -0.118. The van der Waals surface area contributed by atoms with E-state index in [4.69, 9.17) is 0 Å². The van der Waals surface area contributed by atoms with E-state index in [2.05, 4.69) is 31.9 Å². The molecule has 128 valence electrons. The maximum absolute atomic E-state index is 12.1. The highest BCUT2D eigenvalue weighted by molar-refractivity contribution is 5.93. The Labute approximate surface area is 145 Å². The Kier molecular flexibility index (Phi) is 3.63. The van der Waals surface area contributed by atoms with Gasteiger partial charge in [-0.3, -0.25) is 4.79 Å². The fourth-order valence-electron chi connectivity index (χ4n) is 3.15. The Bertz CT molecular complexity index is 952. The van der Waals surface area contributed by atoms with Crippen molar-refractivity contribution in [3.8, 4) is 17.1 Å². The summed E-state index contributed by atoms with van der Waals surface area (Å²) in [6, 6.07) is 4.02. The SMILES string of the molecule is CCc1cc(NC(=O)C(C)C)cc2c1-c1ncnn1Cc1cncn1-2. The van der Waals surface area contributed by atoms with E-state index >= 15 is 0 Å². The third-order valence-electron chi connectivity index (χ3n) is 4.50. The summed E-state index contributed by atoms with van der Waals surface area (Å²) in [7, 11) is 0. The normalized spacial score (nSPS) is 12.3. The van der Waals surface area contributed by atoms with Crippen molar-refractivity contribution in [2.45, 2.75) is 33.7 Å². The average Bonchev–Trinajstić information content (AvgIpc) is 3.22. The lowest BCUT2D eigenvalue weighted by Crippen LogP contribution is -2.18. The lowest BCUT2D eigenvalue weighted by Gasteiger charge is -2.16. The maximum Gasteiger partial charge on any atom is 0.226 e. The van der Waals surface area contributed by atoms with Gasteiger partial charge in [-0.2, -0.15) is 5.10 Å². The minimum Gasteiger partial charge on any atom is -0.326 e. The first-order valence-electron chi connectivity index (χ1n) is 8.46. The number of anilines is 1. The van der Waals surface area contributed by atoms with Crippen molar-refractivity contribution in [2.24, 2.45) is 5.92 Å². The summed E-state index contributed by atoms with van der Waals surface area (Å²) in [6.45, 7) is 6.48. The van der Waals surface area contributed by atoms with Crippen molar-refractivity contribution in [2.75, 3.05) is 5.32 Å². The lowest BCUT2D eigenvalue weighted by atomic mass is 10.0. The standard InChI is InChI=1S/C18H20N6O/c1-4-12-5-13(22-18(25)11(2)3)6-15-16(12)17-20-9-21-24(17)8-14-7-19-10-23(14)15/h5-7,9-11H,4,8H2,1-3H3,(H,22,25). The summed E-state index contributed by atoms with van der Waals surface area (Å²) in [5, 5.41) is 7.37. The third-order valence-corrected chi connectivity index (χ3v) is 4.50. The molecule has 25 heavy (non-hydrogen) atoms. The molecule has 4 rings (SSSR count). The number of carbonyl (C=O) groups excluding carboxylic acids is 1. The minimum absolute atomic E-state index is 0.00430. The smallest absolute Gasteiger partial charge is 0.226 e. The van der Waals surface area contributed by atoms with Gasteiger partial charge in [0.05, 0.1) is 30.5 Å². The van der Waals surface area contributed by atoms with Gasteiger partial charge < -0.3 is 9.88 Å². The number of nitrogens with zero attached hydrogens (tertiary/aromatic N) is 5. The zero-order chi connectivity index (χ0) is 17.6. The topological polar surface area (TPSA) is 77.6 Å². The molecule has 2 aromatic heterocycles. The van der Waals surface area contributed by atoms with Crippen molar-refractivity contribution in [1.29, 1.82) is 0 Å². The van der Waals surface area contributed by atoms with Gasteiger partial charge >= 0.3 is 0 Å². The molecule has 1 N–H and O–H groups in total. The predicted molar refractivity (Wildman–Crippen MR) is 94.5 cm³/mol. The van der Waals surface area contributed by atoms with E-state index in [1.807, 2.05) is 36.9 Å². The van der Waals surface area contributed by atoms with Crippen molar-refractivity contribution >= 4 is 11.6 Å². The number of benzene rings is 1. The number of fused-ring (bicyclic) bond motifs is 5. The van der Waals surface area contributed by atoms with Crippen LogP contribution >= 0.6 is 0 Å². The molecule has 0 atom stereocenters. The molecule has 0 spiro atoms. The zero-order valence-corrected chi connectivity index (χ0v) is 14.5. The Morgan fingerprint density at radius 2 is 2.20 bits per heavy atom. The number of aryl methyl sites for hydroxylation is 1. The second-order valence-electron chi connectivity index (χ2n) is 6.52. The maximum atomic E-state index is 12.1. The molecule has 3 aromatic rings. The van der Waals surface area contributed by atoms with Crippen LogP contribution in [0.5, 0.6) is 0 Å². The van der Waals surface area contributed by atoms with Crippen molar-refractivity contribution in [3.63, 3.8) is 0 Å². The molecule has 7 heteroatoms. The van der Waals surface area contributed by atoms with Crippen LogP contribution in [0.25, 0.3) is 17.1 Å². The van der Waals surface area contributed by atoms with Gasteiger partial charge in [0.15, 0.2) is 5.82 Å². The monoisotopic (exact) mass is 336 g/mol. The predicted octanol–water partition coefficient (Wildman–Crippen LogP) is 2.65. The van der Waals surface area contributed by atoms with Gasteiger partial charge in [-0.25, -0.2) is 14.6 Å². The molecule has 0 bridgehead atoms. The average molecular weight is 336 g/mol. The van der Waals surface area contributed by atoms with Gasteiger partial charge in [-0.05, 0) is 24.1 Å². The number of hydrogen-bond donors (Lipinski definition) is 1. The summed E-state index contributed by atoms with van der Waals surface area (Å²) >= 11 is 0. The van der Waals surface area contributed by atoms with E-state index in [0.29, 0.717) is 6.54 Å². The number of hydrogen-bond acceptors (Lipinski definition) is 4. The minimum atomic E-state index is -0.0733. The molecule has 0 saturated heterocycles. The van der Waals surface area contributed by atoms with Crippen LogP contribution in [-0.4, -0.2) is 30.2 Å². The van der Waals surface area contributed by atoms with E-state index in [0.717, 1.165) is 40.4 Å². The van der Waals surface area contributed by atoms with E-state index in [1.165, 1.54) is 0 Å². The largest absolute Gasteiger partial charge is 0.326 e. The first-order chi connectivity index (χ1) is 12.1. The molecule has 0 radical (unpaired) electrons. The molecule has 0 saturated carbocycles. The quantitative estimate of drug-likeness (QED) is 0.624. The molecular formula is C18H20N6O. The van der Waals surface area contributed by atoms with E-state index < -0.39 is 0 Å². The molecule has 3 heterocycles. The number of rotatable bonds is 3. The van der Waals surface area contributed by atoms with Crippen LogP contribution in [0.15, 0.2) is 31.0 Å². The number of amides is 1. The van der Waals surface area contributed by atoms with Crippen molar-refractivity contribution < 1.29 is 4.79 Å². The molecule has 0 fully saturated rings. The van der Waals surface area contributed by atoms with Crippen LogP contribution in [0.3, 0.4) is 0 Å². The van der Waals surface area contributed by atoms with Crippen LogP contribution in [0.4, 0.5) is 5.69 Å². The van der Waals surface area contributed by atoms with Gasteiger partial charge in [0.25, 0.3) is 0 Å². The summed E-state index contributed by atoms with van der Waals surface area (Å²) < 4.78 is 3.95. The molecule has 1 aliphatic heterocycles. The summed E-state index contributed by atoms with van der Waals surface area (Å²) in [5.41, 5.74) is 4.95. The first-order valence-corrected chi connectivity index (χ1v) is 8.46. The Morgan fingerprint density at radius 1 is 1.36 bits per heavy atom. The van der Waals surface area contributed by atoms with Gasteiger partial charge in [0.2, 0.25) is 5.91 Å². The van der Waals surface area contributed by atoms with Gasteiger partial charge in [0.1, 0.15) is 6.33 Å². The molecule has 1 amide bonds. The summed E-state index contributed by atoms with van der Waals surface area (Å²) in [5.74, 6) is 0.776. The van der Waals surface area contributed by atoms with Crippen LogP contribution in [0, 0.1) is 5.92 Å². The van der Waals surface area contributed by atoms with E-state index in [-0.39, 0.29) is 11.8 Å². The Morgan fingerprint density at radius 3 is 2.96 bits per heavy atom. The number of carbonyl (C=O) groups is 1. The molecule has 7 nitrogen and oxygen atoms in total. The Balaban J connectivity index is 1.95. The van der Waals surface area contributed by atoms with E-state index in [9.17, 15) is 4.79 Å². The second kappa shape index (κ2) is 5.84. The van der Waals surface area contributed by atoms with Gasteiger partial charge in [-0.15, -0.1) is 0 Å². The van der Waals surface area contributed by atoms with Crippen molar-refractivity contribution in [3.05, 3.63) is 42.2 Å². The van der Waals surface area contributed by atoms with Crippen LogP contribution in [0.2, 0.25) is 0 Å². The van der Waals surface area contributed by atoms with Gasteiger partial charge in [-0.1, -0.05) is 20.8 Å². The number of nitrogens with one attached hydrogen (secondary N) is 1. The molecule has 1 aliphatic rings. The fourth-order valence-corrected chi connectivity index (χ4v) is 3.15. The highest BCUT2D eigenvalue weighted by Gasteiger charge is 2.24. The Hall–Kier alpha value is -2.96. The van der Waals surface area contributed by atoms with Gasteiger partial charge in [0, 0.05) is 17.2 Å². The van der Waals surface area contributed by atoms with Crippen LogP contribution in [0.1, 0.15) is 32.0 Å². The first kappa shape index (κ1) is 15.6. The third kappa shape index (κ3) is 2.52. The molecule has 0 aliphatic carbocycles. The molecule has 1 aromatic carbocycles. The number of aromatic nitrogens is 5. The van der Waals surface area contributed by atoms with Crippen LogP contribution in [-0.2, 0) is 17.8 Å².